The van der Waals surface area contributed by atoms with E-state index in [0.717, 1.165) is 42.2 Å². The zero-order chi connectivity index (χ0) is 22.1. The smallest absolute Gasteiger partial charge is 0.254 e. The van der Waals surface area contributed by atoms with Gasteiger partial charge in [0, 0.05) is 36.8 Å². The number of amides is 1. The van der Waals surface area contributed by atoms with Crippen molar-refractivity contribution in [3.8, 4) is 0 Å². The Balaban J connectivity index is 1.36. The standard InChI is InChI=1S/C25H22F2N4O/c26-20-12-22-23(13-21(20)27)30-24(15-28-22)29-14-17-8-3-4-11-31(17)25(32)19-10-5-7-16-6-1-2-9-18(16)19/h1-2,5-7,9-10,12-13,15,17H,3-4,8,11,14H2,(H,29,30)/t17-/m0/s1. The van der Waals surface area contributed by atoms with Gasteiger partial charge in [-0.2, -0.15) is 0 Å². The molecule has 32 heavy (non-hydrogen) atoms. The normalized spacial score (nSPS) is 16.4. The van der Waals surface area contributed by atoms with E-state index in [9.17, 15) is 13.6 Å². The van der Waals surface area contributed by atoms with E-state index in [1.54, 1.807) is 0 Å². The topological polar surface area (TPSA) is 58.1 Å². The van der Waals surface area contributed by atoms with Crippen LogP contribution in [0, 0.1) is 11.6 Å². The van der Waals surface area contributed by atoms with Crippen LogP contribution < -0.4 is 5.32 Å². The summed E-state index contributed by atoms with van der Waals surface area (Å²) in [4.78, 5) is 23.9. The minimum Gasteiger partial charge on any atom is -0.367 e. The number of likely N-dealkylation sites (tertiary alicyclic amines) is 1. The molecule has 1 aliphatic heterocycles. The molecule has 4 aromatic rings. The SMILES string of the molecule is O=C(c1cccc2ccccc12)N1CCCC[C@H]1CNc1cnc2cc(F)c(F)cc2n1. The molecule has 1 saturated heterocycles. The van der Waals surface area contributed by atoms with Gasteiger partial charge >= 0.3 is 0 Å². The minimum atomic E-state index is -0.955. The van der Waals surface area contributed by atoms with Crippen molar-refractivity contribution in [2.24, 2.45) is 0 Å². The highest BCUT2D eigenvalue weighted by molar-refractivity contribution is 6.07. The van der Waals surface area contributed by atoms with Crippen LogP contribution in [0.1, 0.15) is 29.6 Å². The van der Waals surface area contributed by atoms with Gasteiger partial charge in [0.05, 0.1) is 17.2 Å². The third-order valence-electron chi connectivity index (χ3n) is 6.01. The molecular weight excluding hydrogens is 410 g/mol. The number of aromatic nitrogens is 2. The van der Waals surface area contributed by atoms with Crippen LogP contribution in [0.15, 0.2) is 60.8 Å². The monoisotopic (exact) mass is 432 g/mol. The molecule has 5 rings (SSSR count). The number of nitrogens with one attached hydrogen (secondary N) is 1. The first-order valence-corrected chi connectivity index (χ1v) is 10.7. The van der Waals surface area contributed by atoms with E-state index in [1.807, 2.05) is 47.4 Å². The number of fused-ring (bicyclic) bond motifs is 2. The Morgan fingerprint density at radius 3 is 2.69 bits per heavy atom. The van der Waals surface area contributed by atoms with Gasteiger partial charge in [-0.05, 0) is 36.1 Å². The average molecular weight is 432 g/mol. The first-order chi connectivity index (χ1) is 15.6. The van der Waals surface area contributed by atoms with Crippen LogP contribution in [0.2, 0.25) is 0 Å². The van der Waals surface area contributed by atoms with Gasteiger partial charge in [0.1, 0.15) is 5.82 Å². The highest BCUT2D eigenvalue weighted by Gasteiger charge is 2.28. The lowest BCUT2D eigenvalue weighted by molar-refractivity contribution is 0.0630. The number of carbonyl (C=O) groups excluding carboxylic acids is 1. The zero-order valence-corrected chi connectivity index (χ0v) is 17.4. The number of hydrogen-bond acceptors (Lipinski definition) is 4. The highest BCUT2D eigenvalue weighted by atomic mass is 19.2. The predicted octanol–water partition coefficient (Wildman–Crippen LogP) is 5.17. The summed E-state index contributed by atoms with van der Waals surface area (Å²) in [5, 5.41) is 5.22. The van der Waals surface area contributed by atoms with Crippen molar-refractivity contribution in [3.63, 3.8) is 0 Å². The summed E-state index contributed by atoms with van der Waals surface area (Å²) in [5.74, 6) is -1.41. The predicted molar refractivity (Wildman–Crippen MR) is 121 cm³/mol. The molecule has 7 heteroatoms. The maximum absolute atomic E-state index is 13.6. The summed E-state index contributed by atoms with van der Waals surface area (Å²) in [5.41, 5.74) is 1.28. The van der Waals surface area contributed by atoms with E-state index in [2.05, 4.69) is 15.3 Å². The Bertz CT molecular complexity index is 1300. The largest absolute Gasteiger partial charge is 0.367 e. The Labute approximate surface area is 184 Å². The van der Waals surface area contributed by atoms with Crippen molar-refractivity contribution in [2.45, 2.75) is 25.3 Å². The summed E-state index contributed by atoms with van der Waals surface area (Å²) in [6.45, 7) is 1.20. The van der Waals surface area contributed by atoms with E-state index in [-0.39, 0.29) is 17.5 Å². The van der Waals surface area contributed by atoms with Gasteiger partial charge in [-0.15, -0.1) is 0 Å². The quantitative estimate of drug-likeness (QED) is 0.484. The molecule has 2 heterocycles. The van der Waals surface area contributed by atoms with E-state index >= 15 is 0 Å². The average Bonchev–Trinajstić information content (AvgIpc) is 2.83. The third kappa shape index (κ3) is 3.86. The van der Waals surface area contributed by atoms with Crippen molar-refractivity contribution in [2.75, 3.05) is 18.4 Å². The molecule has 1 atom stereocenters. The summed E-state index contributed by atoms with van der Waals surface area (Å²) in [6.07, 6.45) is 4.39. The molecular formula is C25H22F2N4O. The molecule has 0 spiro atoms. The van der Waals surface area contributed by atoms with Gasteiger partial charge in [-0.25, -0.2) is 13.8 Å². The van der Waals surface area contributed by atoms with Gasteiger partial charge in [0.2, 0.25) is 0 Å². The van der Waals surface area contributed by atoms with Crippen LogP contribution in [-0.2, 0) is 0 Å². The Kier molecular flexibility index (Phi) is 5.39. The van der Waals surface area contributed by atoms with Crippen molar-refractivity contribution in [1.29, 1.82) is 0 Å². The molecule has 0 unspecified atom stereocenters. The van der Waals surface area contributed by atoms with Crippen LogP contribution in [0.25, 0.3) is 21.8 Å². The number of rotatable bonds is 4. The lowest BCUT2D eigenvalue weighted by Crippen LogP contribution is -2.47. The summed E-state index contributed by atoms with van der Waals surface area (Å²) < 4.78 is 27.0. The number of carbonyl (C=O) groups is 1. The fourth-order valence-corrected chi connectivity index (χ4v) is 4.36. The second kappa shape index (κ2) is 8.49. The molecule has 1 aromatic heterocycles. The molecule has 3 aromatic carbocycles. The van der Waals surface area contributed by atoms with Gasteiger partial charge in [0.15, 0.2) is 11.6 Å². The number of piperidine rings is 1. The van der Waals surface area contributed by atoms with Crippen molar-refractivity contribution < 1.29 is 13.6 Å². The zero-order valence-electron chi connectivity index (χ0n) is 17.4. The Hall–Kier alpha value is -3.61. The highest BCUT2D eigenvalue weighted by Crippen LogP contribution is 2.25. The second-order valence-electron chi connectivity index (χ2n) is 8.07. The van der Waals surface area contributed by atoms with E-state index in [1.165, 1.54) is 6.20 Å². The van der Waals surface area contributed by atoms with Gasteiger partial charge in [-0.1, -0.05) is 36.4 Å². The molecule has 0 saturated carbocycles. The maximum atomic E-state index is 13.6. The number of hydrogen-bond donors (Lipinski definition) is 1. The van der Waals surface area contributed by atoms with Gasteiger partial charge in [-0.3, -0.25) is 9.78 Å². The second-order valence-corrected chi connectivity index (χ2v) is 8.07. The summed E-state index contributed by atoms with van der Waals surface area (Å²) in [6, 6.07) is 15.8. The fourth-order valence-electron chi connectivity index (χ4n) is 4.36. The van der Waals surface area contributed by atoms with E-state index < -0.39 is 11.6 Å². The molecule has 1 aliphatic rings. The van der Waals surface area contributed by atoms with Crippen molar-refractivity contribution in [3.05, 3.63) is 78.0 Å². The first kappa shape index (κ1) is 20.3. The van der Waals surface area contributed by atoms with Crippen LogP contribution in [-0.4, -0.2) is 39.9 Å². The lowest BCUT2D eigenvalue weighted by Gasteiger charge is -2.36. The number of nitrogens with zero attached hydrogens (tertiary/aromatic N) is 3. The maximum Gasteiger partial charge on any atom is 0.254 e. The van der Waals surface area contributed by atoms with Crippen molar-refractivity contribution in [1.82, 2.24) is 14.9 Å². The minimum absolute atomic E-state index is 0.00216. The summed E-state index contributed by atoms with van der Waals surface area (Å²) >= 11 is 0. The molecule has 1 amide bonds. The van der Waals surface area contributed by atoms with Gasteiger partial charge in [0.25, 0.3) is 5.91 Å². The first-order valence-electron chi connectivity index (χ1n) is 10.7. The molecule has 1 fully saturated rings. The lowest BCUT2D eigenvalue weighted by atomic mass is 9.98. The molecule has 5 nitrogen and oxygen atoms in total. The number of halogens is 2. The molecule has 0 radical (unpaired) electrons. The number of anilines is 1. The fraction of sp³-hybridized carbons (Fsp3) is 0.240. The van der Waals surface area contributed by atoms with Crippen LogP contribution in [0.3, 0.4) is 0 Å². The number of benzene rings is 3. The Morgan fingerprint density at radius 1 is 1.03 bits per heavy atom. The van der Waals surface area contributed by atoms with E-state index in [0.29, 0.717) is 30.0 Å². The third-order valence-corrected chi connectivity index (χ3v) is 6.01. The molecule has 1 N–H and O–H groups in total. The van der Waals surface area contributed by atoms with Crippen LogP contribution >= 0.6 is 0 Å². The van der Waals surface area contributed by atoms with Crippen LogP contribution in [0.5, 0.6) is 0 Å². The molecule has 162 valence electrons. The molecule has 0 aliphatic carbocycles. The van der Waals surface area contributed by atoms with Crippen molar-refractivity contribution >= 4 is 33.5 Å². The summed E-state index contributed by atoms with van der Waals surface area (Å²) in [7, 11) is 0. The van der Waals surface area contributed by atoms with Crippen LogP contribution in [0.4, 0.5) is 14.6 Å². The van der Waals surface area contributed by atoms with E-state index in [4.69, 9.17) is 0 Å². The molecule has 0 bridgehead atoms. The van der Waals surface area contributed by atoms with Gasteiger partial charge < -0.3 is 10.2 Å². The Morgan fingerprint density at radius 2 is 1.81 bits per heavy atom.